The molecule has 1 saturated heterocycles. The van der Waals surface area contributed by atoms with Crippen molar-refractivity contribution in [3.63, 3.8) is 0 Å². The molecule has 1 unspecified atom stereocenters. The molecular weight excluding hydrogens is 304 g/mol. The third-order valence-corrected chi connectivity index (χ3v) is 4.24. The van der Waals surface area contributed by atoms with Crippen LogP contribution in [0.25, 0.3) is 0 Å². The van der Waals surface area contributed by atoms with Crippen molar-refractivity contribution in [1.29, 1.82) is 0 Å². The zero-order chi connectivity index (χ0) is 16.9. The van der Waals surface area contributed by atoms with Gasteiger partial charge in [0, 0.05) is 18.7 Å². The highest BCUT2D eigenvalue weighted by molar-refractivity contribution is 5.75. The van der Waals surface area contributed by atoms with Crippen LogP contribution in [-0.4, -0.2) is 35.2 Å². The number of aliphatic hydroxyl groups is 1. The van der Waals surface area contributed by atoms with Gasteiger partial charge in [0.25, 0.3) is 0 Å². The first-order valence-corrected chi connectivity index (χ1v) is 8.15. The Kier molecular flexibility index (Phi) is 5.01. The number of para-hydroxylation sites is 1. The second kappa shape index (κ2) is 7.36. The first-order chi connectivity index (χ1) is 11.7. The lowest BCUT2D eigenvalue weighted by Gasteiger charge is -2.39. The molecule has 126 valence electrons. The smallest absolute Gasteiger partial charge is 0.317 e. The fourth-order valence-electron chi connectivity index (χ4n) is 2.73. The number of ether oxygens (including phenoxy) is 1. The summed E-state index contributed by atoms with van der Waals surface area (Å²) < 4.78 is 5.96. The van der Waals surface area contributed by atoms with Gasteiger partial charge in [-0.15, -0.1) is 0 Å². The first kappa shape index (κ1) is 16.3. The van der Waals surface area contributed by atoms with Crippen LogP contribution in [0.5, 0.6) is 11.5 Å². The van der Waals surface area contributed by atoms with Crippen LogP contribution in [0.15, 0.2) is 48.5 Å². The summed E-state index contributed by atoms with van der Waals surface area (Å²) in [5.74, 6) is 1.50. The van der Waals surface area contributed by atoms with Gasteiger partial charge in [-0.1, -0.05) is 30.3 Å². The molecule has 24 heavy (non-hydrogen) atoms. The van der Waals surface area contributed by atoms with E-state index in [0.717, 1.165) is 29.0 Å². The van der Waals surface area contributed by atoms with E-state index in [0.29, 0.717) is 13.1 Å². The molecule has 1 fully saturated rings. The van der Waals surface area contributed by atoms with E-state index in [4.69, 9.17) is 4.74 Å². The first-order valence-electron chi connectivity index (χ1n) is 8.15. The number of amides is 2. The average Bonchev–Trinajstić information content (AvgIpc) is 2.53. The number of urea groups is 1. The van der Waals surface area contributed by atoms with E-state index < -0.39 is 0 Å². The Hall–Kier alpha value is -2.53. The molecular formula is C19H22N2O3. The molecule has 1 aliphatic rings. The van der Waals surface area contributed by atoms with Gasteiger partial charge in [0.05, 0.1) is 12.6 Å². The molecule has 0 aromatic heterocycles. The minimum atomic E-state index is -0.148. The number of aryl methyl sites for hydroxylation is 1. The Morgan fingerprint density at radius 2 is 2.12 bits per heavy atom. The number of nitrogens with zero attached hydrogens (tertiary/aromatic N) is 1. The summed E-state index contributed by atoms with van der Waals surface area (Å²) in [4.78, 5) is 13.8. The van der Waals surface area contributed by atoms with Gasteiger partial charge < -0.3 is 20.1 Å². The highest BCUT2D eigenvalue weighted by Gasteiger charge is 2.31. The Bertz CT molecular complexity index is 715. The molecule has 2 aromatic rings. The number of carbonyl (C=O) groups is 1. The standard InChI is InChI=1S/C19H22N2O3/c1-14-5-4-7-17(11-14)24-18-8-3-2-6-15(18)12-20-19(23)21-10-9-16(21)13-22/h2-8,11,16,22H,9-10,12-13H2,1H3,(H,20,23). The van der Waals surface area contributed by atoms with Crippen molar-refractivity contribution in [3.8, 4) is 11.5 Å². The summed E-state index contributed by atoms with van der Waals surface area (Å²) in [7, 11) is 0. The van der Waals surface area contributed by atoms with Crippen molar-refractivity contribution >= 4 is 6.03 Å². The summed E-state index contributed by atoms with van der Waals surface area (Å²) in [6.45, 7) is 3.11. The summed E-state index contributed by atoms with van der Waals surface area (Å²) in [5.41, 5.74) is 2.04. The molecule has 3 rings (SSSR count). The fourth-order valence-corrected chi connectivity index (χ4v) is 2.73. The topological polar surface area (TPSA) is 61.8 Å². The van der Waals surface area contributed by atoms with Crippen LogP contribution in [0.2, 0.25) is 0 Å². The number of rotatable bonds is 5. The lowest BCUT2D eigenvalue weighted by Crippen LogP contribution is -2.56. The number of likely N-dealkylation sites (tertiary alicyclic amines) is 1. The number of aliphatic hydroxyl groups excluding tert-OH is 1. The van der Waals surface area contributed by atoms with Gasteiger partial charge in [0.1, 0.15) is 11.5 Å². The van der Waals surface area contributed by atoms with Crippen molar-refractivity contribution in [1.82, 2.24) is 10.2 Å². The number of nitrogens with one attached hydrogen (secondary N) is 1. The third kappa shape index (κ3) is 3.68. The monoisotopic (exact) mass is 326 g/mol. The van der Waals surface area contributed by atoms with Gasteiger partial charge in [-0.2, -0.15) is 0 Å². The normalized spacial score (nSPS) is 16.4. The van der Waals surface area contributed by atoms with Crippen molar-refractivity contribution in [3.05, 3.63) is 59.7 Å². The van der Waals surface area contributed by atoms with Gasteiger partial charge in [-0.05, 0) is 37.1 Å². The molecule has 0 aliphatic carbocycles. The molecule has 2 N–H and O–H groups in total. The van der Waals surface area contributed by atoms with Crippen molar-refractivity contribution < 1.29 is 14.6 Å². The molecule has 2 aromatic carbocycles. The van der Waals surface area contributed by atoms with E-state index in [1.165, 1.54) is 0 Å². The highest BCUT2D eigenvalue weighted by Crippen LogP contribution is 2.26. The van der Waals surface area contributed by atoms with Crippen molar-refractivity contribution in [2.45, 2.75) is 25.9 Å². The predicted molar refractivity (Wildman–Crippen MR) is 92.1 cm³/mol. The summed E-state index contributed by atoms with van der Waals surface area (Å²) in [6.07, 6.45) is 0.858. The summed E-state index contributed by atoms with van der Waals surface area (Å²) in [6, 6.07) is 15.3. The van der Waals surface area contributed by atoms with Gasteiger partial charge in [-0.25, -0.2) is 4.79 Å². The molecule has 1 aliphatic heterocycles. The zero-order valence-electron chi connectivity index (χ0n) is 13.7. The third-order valence-electron chi connectivity index (χ3n) is 4.24. The quantitative estimate of drug-likeness (QED) is 0.888. The molecule has 2 amide bonds. The number of carbonyl (C=O) groups excluding carboxylic acids is 1. The zero-order valence-corrected chi connectivity index (χ0v) is 13.7. The van der Waals surface area contributed by atoms with Crippen LogP contribution < -0.4 is 10.1 Å². The molecule has 0 saturated carbocycles. The van der Waals surface area contributed by atoms with E-state index in [1.807, 2.05) is 55.5 Å². The Balaban J connectivity index is 1.65. The molecule has 1 heterocycles. The van der Waals surface area contributed by atoms with Crippen LogP contribution in [0.4, 0.5) is 4.79 Å². The van der Waals surface area contributed by atoms with E-state index in [-0.39, 0.29) is 18.7 Å². The van der Waals surface area contributed by atoms with Gasteiger partial charge in [0.15, 0.2) is 0 Å². The van der Waals surface area contributed by atoms with Crippen molar-refractivity contribution in [2.75, 3.05) is 13.2 Å². The second-order valence-electron chi connectivity index (χ2n) is 6.00. The molecule has 5 heteroatoms. The molecule has 1 atom stereocenters. The number of benzene rings is 2. The predicted octanol–water partition coefficient (Wildman–Crippen LogP) is 3.06. The molecule has 0 radical (unpaired) electrons. The Labute approximate surface area is 141 Å². The van der Waals surface area contributed by atoms with E-state index in [1.54, 1.807) is 4.90 Å². The second-order valence-corrected chi connectivity index (χ2v) is 6.00. The summed E-state index contributed by atoms with van der Waals surface area (Å²) in [5, 5.41) is 12.1. The summed E-state index contributed by atoms with van der Waals surface area (Å²) >= 11 is 0. The van der Waals surface area contributed by atoms with Crippen LogP contribution in [0.3, 0.4) is 0 Å². The maximum atomic E-state index is 12.1. The molecule has 5 nitrogen and oxygen atoms in total. The maximum Gasteiger partial charge on any atom is 0.317 e. The SMILES string of the molecule is Cc1cccc(Oc2ccccc2CNC(=O)N2CCC2CO)c1. The van der Waals surface area contributed by atoms with E-state index >= 15 is 0 Å². The van der Waals surface area contributed by atoms with Gasteiger partial charge in [-0.3, -0.25) is 0 Å². The number of hydrogen-bond acceptors (Lipinski definition) is 3. The molecule has 0 bridgehead atoms. The lowest BCUT2D eigenvalue weighted by atomic mass is 10.1. The minimum absolute atomic E-state index is 0.0144. The number of hydrogen-bond donors (Lipinski definition) is 2. The van der Waals surface area contributed by atoms with Crippen LogP contribution >= 0.6 is 0 Å². The van der Waals surface area contributed by atoms with Crippen molar-refractivity contribution in [2.24, 2.45) is 0 Å². The fraction of sp³-hybridized carbons (Fsp3) is 0.316. The Morgan fingerprint density at radius 1 is 1.29 bits per heavy atom. The minimum Gasteiger partial charge on any atom is -0.457 e. The van der Waals surface area contributed by atoms with E-state index in [2.05, 4.69) is 5.32 Å². The average molecular weight is 326 g/mol. The maximum absolute atomic E-state index is 12.1. The van der Waals surface area contributed by atoms with Gasteiger partial charge >= 0.3 is 6.03 Å². The highest BCUT2D eigenvalue weighted by atomic mass is 16.5. The van der Waals surface area contributed by atoms with Crippen LogP contribution in [0, 0.1) is 6.92 Å². The van der Waals surface area contributed by atoms with E-state index in [9.17, 15) is 9.90 Å². The van der Waals surface area contributed by atoms with Crippen LogP contribution in [0.1, 0.15) is 17.5 Å². The molecule has 0 spiro atoms. The lowest BCUT2D eigenvalue weighted by molar-refractivity contribution is 0.0700. The Morgan fingerprint density at radius 3 is 2.83 bits per heavy atom. The van der Waals surface area contributed by atoms with Crippen LogP contribution in [-0.2, 0) is 6.54 Å². The largest absolute Gasteiger partial charge is 0.457 e. The van der Waals surface area contributed by atoms with Gasteiger partial charge in [0.2, 0.25) is 0 Å².